The van der Waals surface area contributed by atoms with E-state index in [1.807, 2.05) is 0 Å². The van der Waals surface area contributed by atoms with E-state index in [1.54, 1.807) is 0 Å². The minimum atomic E-state index is -4.75. The summed E-state index contributed by atoms with van der Waals surface area (Å²) in [4.78, 5) is 10.4. The van der Waals surface area contributed by atoms with E-state index in [2.05, 4.69) is 0 Å². The van der Waals surface area contributed by atoms with Crippen LogP contribution < -0.4 is 4.74 Å². The molecule has 20 heavy (non-hydrogen) atoms. The predicted molar refractivity (Wildman–Crippen MR) is 57.6 cm³/mol. The quantitative estimate of drug-likeness (QED) is 0.462. The number of benzene rings is 1. The fraction of sp³-hybridized carbons (Fsp3) is 0.417. The first-order valence-electron chi connectivity index (χ1n) is 5.49. The van der Waals surface area contributed by atoms with Gasteiger partial charge in [-0.2, -0.15) is 26.3 Å². The molecule has 0 aliphatic heterocycles. The summed E-state index contributed by atoms with van der Waals surface area (Å²) < 4.78 is 78.4. The highest BCUT2D eigenvalue weighted by Crippen LogP contribution is 2.36. The lowest BCUT2D eigenvalue weighted by Gasteiger charge is -2.14. The Morgan fingerprint density at radius 3 is 2.25 bits per heavy atom. The molecule has 0 aliphatic carbocycles. The molecule has 0 N–H and O–H groups in total. The number of aldehydes is 1. The van der Waals surface area contributed by atoms with Crippen molar-refractivity contribution >= 4 is 6.29 Å². The van der Waals surface area contributed by atoms with Crippen LogP contribution in [0.4, 0.5) is 26.3 Å². The van der Waals surface area contributed by atoms with Crippen LogP contribution in [0.25, 0.3) is 0 Å². The number of rotatable bonds is 5. The molecule has 1 aromatic rings. The maximum absolute atomic E-state index is 12.7. The van der Waals surface area contributed by atoms with Crippen LogP contribution in [0.5, 0.6) is 5.75 Å². The fourth-order valence-corrected chi connectivity index (χ4v) is 1.42. The van der Waals surface area contributed by atoms with Crippen molar-refractivity contribution in [3.8, 4) is 5.75 Å². The first kappa shape index (κ1) is 16.3. The Hall–Kier alpha value is -1.73. The van der Waals surface area contributed by atoms with E-state index in [9.17, 15) is 31.1 Å². The molecule has 0 aliphatic rings. The van der Waals surface area contributed by atoms with Crippen molar-refractivity contribution in [1.82, 2.24) is 0 Å². The lowest BCUT2D eigenvalue weighted by Crippen LogP contribution is -2.12. The first-order valence-corrected chi connectivity index (χ1v) is 5.49. The van der Waals surface area contributed by atoms with E-state index < -0.39 is 43.1 Å². The van der Waals surface area contributed by atoms with Gasteiger partial charge in [0.25, 0.3) is 0 Å². The molecular weight excluding hydrogens is 290 g/mol. The number of hydrogen-bond donors (Lipinski definition) is 0. The number of carbonyl (C=O) groups excluding carboxylic acids is 1. The van der Waals surface area contributed by atoms with Crippen molar-refractivity contribution in [3.05, 3.63) is 29.3 Å². The average molecular weight is 300 g/mol. The fourth-order valence-electron chi connectivity index (χ4n) is 1.42. The molecule has 8 heteroatoms. The number of carbonyl (C=O) groups is 1. The van der Waals surface area contributed by atoms with Crippen molar-refractivity contribution in [2.45, 2.75) is 25.2 Å². The molecule has 0 fully saturated rings. The van der Waals surface area contributed by atoms with Gasteiger partial charge in [-0.3, -0.25) is 4.79 Å². The molecule has 0 saturated carbocycles. The minimum absolute atomic E-state index is 0.194. The summed E-state index contributed by atoms with van der Waals surface area (Å²) in [5.41, 5.74) is -1.38. The van der Waals surface area contributed by atoms with Gasteiger partial charge in [-0.25, -0.2) is 0 Å². The third-order valence-electron chi connectivity index (χ3n) is 2.31. The van der Waals surface area contributed by atoms with Crippen molar-refractivity contribution < 1.29 is 35.9 Å². The van der Waals surface area contributed by atoms with Crippen LogP contribution in [0.3, 0.4) is 0 Å². The highest BCUT2D eigenvalue weighted by molar-refractivity contribution is 5.75. The average Bonchev–Trinajstić information content (AvgIpc) is 2.32. The van der Waals surface area contributed by atoms with Crippen LogP contribution in [0.15, 0.2) is 18.2 Å². The summed E-state index contributed by atoms with van der Waals surface area (Å²) in [6, 6.07) is 2.60. The molecule has 2 nitrogen and oxygen atoms in total. The SMILES string of the molecule is O=Cc1ccc(OCCCC(F)(F)F)c(C(F)(F)F)c1. The number of halogens is 6. The zero-order valence-electron chi connectivity index (χ0n) is 10.0. The molecule has 0 aromatic heterocycles. The maximum atomic E-state index is 12.7. The van der Waals surface area contributed by atoms with E-state index in [-0.39, 0.29) is 11.8 Å². The van der Waals surface area contributed by atoms with Gasteiger partial charge in [-0.15, -0.1) is 0 Å². The molecule has 112 valence electrons. The molecular formula is C12H10F6O2. The molecule has 0 unspecified atom stereocenters. The standard InChI is InChI=1S/C12H10F6O2/c13-11(14,15)4-1-5-20-10-3-2-8(7-19)6-9(10)12(16,17)18/h2-3,6-7H,1,4-5H2. The Kier molecular flexibility index (Phi) is 5.02. The van der Waals surface area contributed by atoms with E-state index in [1.165, 1.54) is 0 Å². The lowest BCUT2D eigenvalue weighted by atomic mass is 10.1. The van der Waals surface area contributed by atoms with Crippen LogP contribution in [-0.4, -0.2) is 19.1 Å². The zero-order chi connectivity index (χ0) is 15.4. The van der Waals surface area contributed by atoms with Crippen molar-refractivity contribution in [2.24, 2.45) is 0 Å². The van der Waals surface area contributed by atoms with Crippen LogP contribution in [0.2, 0.25) is 0 Å². The van der Waals surface area contributed by atoms with Crippen LogP contribution >= 0.6 is 0 Å². The predicted octanol–water partition coefficient (Wildman–Crippen LogP) is 4.24. The summed E-state index contributed by atoms with van der Waals surface area (Å²) >= 11 is 0. The molecule has 0 bridgehead atoms. The summed E-state index contributed by atoms with van der Waals surface area (Å²) in [6.07, 6.45) is -10.5. The van der Waals surface area contributed by atoms with Crippen molar-refractivity contribution in [2.75, 3.05) is 6.61 Å². The third kappa shape index (κ3) is 5.10. The Morgan fingerprint density at radius 2 is 1.75 bits per heavy atom. The molecule has 1 rings (SSSR count). The highest BCUT2D eigenvalue weighted by Gasteiger charge is 2.34. The van der Waals surface area contributed by atoms with E-state index in [0.29, 0.717) is 6.07 Å². The van der Waals surface area contributed by atoms with E-state index >= 15 is 0 Å². The molecule has 0 radical (unpaired) electrons. The maximum Gasteiger partial charge on any atom is 0.419 e. The molecule has 0 amide bonds. The van der Waals surface area contributed by atoms with Crippen LogP contribution in [0, 0.1) is 0 Å². The second kappa shape index (κ2) is 6.15. The zero-order valence-corrected chi connectivity index (χ0v) is 10.0. The van der Waals surface area contributed by atoms with Crippen LogP contribution in [-0.2, 0) is 6.18 Å². The van der Waals surface area contributed by atoms with Gasteiger partial charge in [-0.1, -0.05) is 0 Å². The van der Waals surface area contributed by atoms with Gasteiger partial charge >= 0.3 is 12.4 Å². The summed E-state index contributed by atoms with van der Waals surface area (Å²) in [7, 11) is 0. The molecule has 0 saturated heterocycles. The van der Waals surface area contributed by atoms with Gasteiger partial charge in [0.2, 0.25) is 0 Å². The largest absolute Gasteiger partial charge is 0.493 e. The van der Waals surface area contributed by atoms with Gasteiger partial charge in [0, 0.05) is 12.0 Å². The van der Waals surface area contributed by atoms with Gasteiger partial charge in [0.15, 0.2) is 0 Å². The highest BCUT2D eigenvalue weighted by atomic mass is 19.4. The van der Waals surface area contributed by atoms with Gasteiger partial charge in [0.05, 0.1) is 12.2 Å². The Balaban J connectivity index is 2.77. The van der Waals surface area contributed by atoms with E-state index in [0.717, 1.165) is 12.1 Å². The number of hydrogen-bond acceptors (Lipinski definition) is 2. The second-order valence-electron chi connectivity index (χ2n) is 3.94. The van der Waals surface area contributed by atoms with Gasteiger partial charge in [0.1, 0.15) is 12.0 Å². The van der Waals surface area contributed by atoms with Crippen molar-refractivity contribution in [1.29, 1.82) is 0 Å². The Morgan fingerprint density at radius 1 is 1.10 bits per heavy atom. The van der Waals surface area contributed by atoms with E-state index in [4.69, 9.17) is 4.74 Å². The van der Waals surface area contributed by atoms with Gasteiger partial charge in [-0.05, 0) is 24.6 Å². The molecule has 0 heterocycles. The van der Waals surface area contributed by atoms with Gasteiger partial charge < -0.3 is 4.74 Å². The first-order chi connectivity index (χ1) is 9.13. The van der Waals surface area contributed by atoms with Crippen molar-refractivity contribution in [3.63, 3.8) is 0 Å². The topological polar surface area (TPSA) is 26.3 Å². The molecule has 0 atom stereocenters. The third-order valence-corrected chi connectivity index (χ3v) is 2.31. The number of ether oxygens (including phenoxy) is 1. The Labute approximate surface area is 110 Å². The molecule has 1 aromatic carbocycles. The summed E-state index contributed by atoms with van der Waals surface area (Å²) in [6.45, 7) is -0.497. The second-order valence-corrected chi connectivity index (χ2v) is 3.94. The Bertz CT molecular complexity index is 464. The monoisotopic (exact) mass is 300 g/mol. The minimum Gasteiger partial charge on any atom is -0.493 e. The summed E-state index contributed by atoms with van der Waals surface area (Å²) in [5.74, 6) is -0.592. The summed E-state index contributed by atoms with van der Waals surface area (Å²) in [5, 5.41) is 0. The smallest absolute Gasteiger partial charge is 0.419 e. The lowest BCUT2D eigenvalue weighted by molar-refractivity contribution is -0.141. The number of alkyl halides is 6. The molecule has 0 spiro atoms. The van der Waals surface area contributed by atoms with Crippen LogP contribution in [0.1, 0.15) is 28.8 Å². The normalized spacial score (nSPS) is 12.3.